The molecule has 2 aromatic rings. The van der Waals surface area contributed by atoms with E-state index < -0.39 is 0 Å². The van der Waals surface area contributed by atoms with E-state index >= 15 is 0 Å². The zero-order valence-electron chi connectivity index (χ0n) is 18.8. The fourth-order valence-corrected chi connectivity index (χ4v) is 4.55. The van der Waals surface area contributed by atoms with Crippen LogP contribution in [0.1, 0.15) is 41.6 Å². The molecule has 7 heteroatoms. The van der Waals surface area contributed by atoms with Crippen LogP contribution in [0, 0.1) is 6.92 Å². The van der Waals surface area contributed by atoms with E-state index in [0.29, 0.717) is 30.9 Å². The van der Waals surface area contributed by atoms with E-state index in [4.69, 9.17) is 5.73 Å². The number of likely N-dealkylation sites (tertiary alicyclic amines) is 1. The summed E-state index contributed by atoms with van der Waals surface area (Å²) in [5.41, 5.74) is 10.2. The van der Waals surface area contributed by atoms with Gasteiger partial charge in [-0.1, -0.05) is 12.1 Å². The van der Waals surface area contributed by atoms with Crippen molar-refractivity contribution < 1.29 is 9.59 Å². The van der Waals surface area contributed by atoms with Crippen molar-refractivity contribution in [3.8, 4) is 0 Å². The van der Waals surface area contributed by atoms with Gasteiger partial charge in [0.2, 0.25) is 0 Å². The van der Waals surface area contributed by atoms with E-state index in [1.54, 1.807) is 6.07 Å². The minimum atomic E-state index is -0.0839. The third-order valence-corrected chi connectivity index (χ3v) is 6.29. The van der Waals surface area contributed by atoms with Crippen molar-refractivity contribution in [1.29, 1.82) is 0 Å². The summed E-state index contributed by atoms with van der Waals surface area (Å²) >= 11 is 0. The van der Waals surface area contributed by atoms with Crippen LogP contribution in [0.15, 0.2) is 42.5 Å². The second kappa shape index (κ2) is 9.94. The van der Waals surface area contributed by atoms with Gasteiger partial charge in [0, 0.05) is 56.3 Å². The third-order valence-electron chi connectivity index (χ3n) is 6.29. The normalized spacial score (nSPS) is 17.1. The van der Waals surface area contributed by atoms with Crippen LogP contribution in [0.3, 0.4) is 0 Å². The minimum absolute atomic E-state index is 0.0605. The molecule has 2 heterocycles. The van der Waals surface area contributed by atoms with Gasteiger partial charge in [-0.3, -0.25) is 4.79 Å². The molecule has 0 radical (unpaired) electrons. The predicted molar refractivity (Wildman–Crippen MR) is 129 cm³/mol. The predicted octanol–water partition coefficient (Wildman–Crippen LogP) is 3.95. The number of anilines is 3. The fourth-order valence-electron chi connectivity index (χ4n) is 4.55. The second-order valence-electron chi connectivity index (χ2n) is 8.76. The number of benzene rings is 2. The topological polar surface area (TPSA) is 81.9 Å². The summed E-state index contributed by atoms with van der Waals surface area (Å²) in [5.74, 6) is 0.0605. The van der Waals surface area contributed by atoms with E-state index in [1.807, 2.05) is 53.1 Å². The van der Waals surface area contributed by atoms with Gasteiger partial charge in [0.25, 0.3) is 5.91 Å². The number of piperidine rings is 1. The highest BCUT2D eigenvalue weighted by atomic mass is 16.2. The Morgan fingerprint density at radius 2 is 1.62 bits per heavy atom. The number of carbonyl (C=O) groups excluding carboxylic acids is 2. The Morgan fingerprint density at radius 1 is 0.844 bits per heavy atom. The van der Waals surface area contributed by atoms with E-state index in [-0.39, 0.29) is 11.9 Å². The first-order chi connectivity index (χ1) is 15.5. The van der Waals surface area contributed by atoms with E-state index in [2.05, 4.69) is 10.2 Å². The molecule has 0 bridgehead atoms. The second-order valence-corrected chi connectivity index (χ2v) is 8.76. The Balaban J connectivity index is 1.46. The van der Waals surface area contributed by atoms with E-state index in [9.17, 15) is 9.59 Å². The van der Waals surface area contributed by atoms with Gasteiger partial charge in [-0.15, -0.1) is 0 Å². The molecule has 0 aromatic heterocycles. The Kier molecular flexibility index (Phi) is 6.83. The van der Waals surface area contributed by atoms with Gasteiger partial charge in [-0.25, -0.2) is 4.79 Å². The van der Waals surface area contributed by atoms with Gasteiger partial charge in [-0.05, 0) is 68.5 Å². The number of nitrogens with one attached hydrogen (secondary N) is 1. The van der Waals surface area contributed by atoms with Crippen LogP contribution in [0.5, 0.6) is 0 Å². The van der Waals surface area contributed by atoms with Crippen molar-refractivity contribution in [3.63, 3.8) is 0 Å². The van der Waals surface area contributed by atoms with E-state index in [0.717, 1.165) is 55.8 Å². The number of nitrogens with two attached hydrogens (primary N) is 1. The maximum atomic E-state index is 13.3. The maximum Gasteiger partial charge on any atom is 0.321 e. The first kappa shape index (κ1) is 22.0. The van der Waals surface area contributed by atoms with Crippen LogP contribution < -0.4 is 16.0 Å². The van der Waals surface area contributed by atoms with E-state index in [1.165, 1.54) is 6.42 Å². The lowest BCUT2D eigenvalue weighted by atomic mass is 10.1. The molecule has 7 nitrogen and oxygen atoms in total. The molecule has 2 fully saturated rings. The first-order valence-electron chi connectivity index (χ1n) is 11.6. The third kappa shape index (κ3) is 5.15. The maximum absolute atomic E-state index is 13.3. The molecular weight excluding hydrogens is 402 g/mol. The van der Waals surface area contributed by atoms with Crippen LogP contribution in [0.4, 0.5) is 21.9 Å². The van der Waals surface area contributed by atoms with Crippen molar-refractivity contribution in [2.75, 3.05) is 55.2 Å². The molecule has 2 saturated heterocycles. The molecule has 0 unspecified atom stereocenters. The molecule has 0 spiro atoms. The smallest absolute Gasteiger partial charge is 0.321 e. The van der Waals surface area contributed by atoms with Crippen LogP contribution in [-0.4, -0.2) is 61.0 Å². The molecule has 3 amide bonds. The lowest BCUT2D eigenvalue weighted by molar-refractivity contribution is 0.0725. The fraction of sp³-hybridized carbons (Fsp3) is 0.440. The largest absolute Gasteiger partial charge is 0.399 e. The Hall–Kier alpha value is -3.22. The highest BCUT2D eigenvalue weighted by molar-refractivity contribution is 6.01. The molecular formula is C25H33N5O2. The van der Waals surface area contributed by atoms with Gasteiger partial charge in [0.05, 0.1) is 5.56 Å². The average molecular weight is 436 g/mol. The molecule has 0 aliphatic carbocycles. The van der Waals surface area contributed by atoms with Crippen molar-refractivity contribution in [3.05, 3.63) is 53.6 Å². The Morgan fingerprint density at radius 3 is 2.41 bits per heavy atom. The molecule has 2 aromatic carbocycles. The number of nitrogen functional groups attached to an aromatic ring is 1. The average Bonchev–Trinajstić information content (AvgIpc) is 3.05. The molecule has 0 saturated carbocycles. The highest BCUT2D eigenvalue weighted by Crippen LogP contribution is 2.27. The lowest BCUT2D eigenvalue weighted by Gasteiger charge is -2.30. The van der Waals surface area contributed by atoms with Gasteiger partial charge >= 0.3 is 6.03 Å². The molecule has 0 atom stereocenters. The molecule has 2 aliphatic rings. The number of urea groups is 1. The Bertz CT molecular complexity index is 971. The SMILES string of the molecule is Cc1cccc(NC(=O)N2CCCN(c3ccc(N)cc3C(=O)N3CCCCC3)CC2)c1. The number of amides is 3. The van der Waals surface area contributed by atoms with Crippen molar-refractivity contribution in [2.24, 2.45) is 0 Å². The number of carbonyl (C=O) groups is 2. The Labute approximate surface area is 190 Å². The van der Waals surface area contributed by atoms with Gasteiger partial charge in [-0.2, -0.15) is 0 Å². The number of aryl methyl sites for hydroxylation is 1. The van der Waals surface area contributed by atoms with Crippen LogP contribution >= 0.6 is 0 Å². The minimum Gasteiger partial charge on any atom is -0.399 e. The van der Waals surface area contributed by atoms with Gasteiger partial charge in [0.15, 0.2) is 0 Å². The number of hydrogen-bond donors (Lipinski definition) is 2. The summed E-state index contributed by atoms with van der Waals surface area (Å²) < 4.78 is 0. The van der Waals surface area contributed by atoms with Gasteiger partial charge < -0.3 is 25.8 Å². The lowest BCUT2D eigenvalue weighted by Crippen LogP contribution is -2.39. The summed E-state index contributed by atoms with van der Waals surface area (Å²) in [6, 6.07) is 13.4. The molecule has 2 aliphatic heterocycles. The molecule has 3 N–H and O–H groups in total. The summed E-state index contributed by atoms with van der Waals surface area (Å²) in [6.07, 6.45) is 4.12. The number of hydrogen-bond acceptors (Lipinski definition) is 4. The molecule has 4 rings (SSSR count). The number of rotatable bonds is 3. The summed E-state index contributed by atoms with van der Waals surface area (Å²) in [6.45, 7) is 6.36. The van der Waals surface area contributed by atoms with Crippen molar-refractivity contribution in [1.82, 2.24) is 9.80 Å². The van der Waals surface area contributed by atoms with Crippen LogP contribution in [-0.2, 0) is 0 Å². The van der Waals surface area contributed by atoms with Crippen LogP contribution in [0.25, 0.3) is 0 Å². The van der Waals surface area contributed by atoms with Crippen molar-refractivity contribution >= 4 is 29.0 Å². The highest BCUT2D eigenvalue weighted by Gasteiger charge is 2.25. The molecule has 170 valence electrons. The van der Waals surface area contributed by atoms with Crippen LogP contribution in [0.2, 0.25) is 0 Å². The summed E-state index contributed by atoms with van der Waals surface area (Å²) in [4.78, 5) is 32.1. The first-order valence-corrected chi connectivity index (χ1v) is 11.6. The zero-order valence-corrected chi connectivity index (χ0v) is 18.8. The van der Waals surface area contributed by atoms with Gasteiger partial charge in [0.1, 0.15) is 0 Å². The summed E-state index contributed by atoms with van der Waals surface area (Å²) in [7, 11) is 0. The summed E-state index contributed by atoms with van der Waals surface area (Å²) in [5, 5.41) is 3.01. The molecule has 32 heavy (non-hydrogen) atoms. The quantitative estimate of drug-likeness (QED) is 0.716. The monoisotopic (exact) mass is 435 g/mol. The standard InChI is InChI=1S/C25H33N5O2/c1-19-7-5-8-21(17-19)27-25(32)30-14-6-13-28(15-16-30)23-10-9-20(26)18-22(23)24(31)29-11-3-2-4-12-29/h5,7-10,17-18H,2-4,6,11-16,26H2,1H3,(H,27,32). The number of nitrogens with zero attached hydrogens (tertiary/aromatic N) is 3. The van der Waals surface area contributed by atoms with Crippen molar-refractivity contribution in [2.45, 2.75) is 32.6 Å². The zero-order chi connectivity index (χ0) is 22.5.